The molecule has 0 aromatic carbocycles. The summed E-state index contributed by atoms with van der Waals surface area (Å²) < 4.78 is 0. The topological polar surface area (TPSA) is 70.7 Å². The number of aromatic amines is 1. The van der Waals surface area contributed by atoms with Gasteiger partial charge in [0, 0.05) is 19.2 Å². The fourth-order valence-corrected chi connectivity index (χ4v) is 1.35. The molecular formula is C10H12N4O. The number of hydrogen-bond donors (Lipinski definition) is 2. The number of fused-ring (bicyclic) bond motifs is 1. The Kier molecular flexibility index (Phi) is 2.92. The molecule has 0 radical (unpaired) electrons. The number of hydrogen-bond acceptors (Lipinski definition) is 3. The first-order chi connectivity index (χ1) is 7.36. The number of rotatable bonds is 0. The lowest BCUT2D eigenvalue weighted by Crippen LogP contribution is -2.12. The highest BCUT2D eigenvalue weighted by atomic mass is 16.1. The number of H-pyrrole nitrogens is 1. The lowest BCUT2D eigenvalue weighted by atomic mass is 10.4. The Morgan fingerprint density at radius 3 is 2.93 bits per heavy atom. The minimum Gasteiger partial charge on any atom is -0.356 e. The van der Waals surface area contributed by atoms with Gasteiger partial charge in [-0.15, -0.1) is 0 Å². The van der Waals surface area contributed by atoms with Crippen molar-refractivity contribution in [2.75, 3.05) is 6.54 Å². The van der Waals surface area contributed by atoms with Crippen LogP contribution < -0.4 is 5.32 Å². The Bertz CT molecular complexity index is 413. The van der Waals surface area contributed by atoms with Gasteiger partial charge in [0.2, 0.25) is 5.91 Å². The number of nitrogens with one attached hydrogen (secondary N) is 2. The summed E-state index contributed by atoms with van der Waals surface area (Å²) in [6.45, 7) is 0.888. The molecule has 1 aliphatic heterocycles. The van der Waals surface area contributed by atoms with Crippen molar-refractivity contribution in [2.24, 2.45) is 0 Å². The van der Waals surface area contributed by atoms with Crippen molar-refractivity contribution in [3.63, 3.8) is 0 Å². The summed E-state index contributed by atoms with van der Waals surface area (Å²) in [5.41, 5.74) is 1.95. The SMILES string of the molecule is O=C1CCCN1.c1cc2[nH]cnc2cn1. The highest BCUT2D eigenvalue weighted by Crippen LogP contribution is 2.03. The molecule has 2 N–H and O–H groups in total. The summed E-state index contributed by atoms with van der Waals surface area (Å²) in [4.78, 5) is 21.0. The van der Waals surface area contributed by atoms with Gasteiger partial charge in [0.05, 0.1) is 18.0 Å². The second-order valence-electron chi connectivity index (χ2n) is 3.25. The number of nitrogens with zero attached hydrogens (tertiary/aromatic N) is 2. The van der Waals surface area contributed by atoms with E-state index >= 15 is 0 Å². The van der Waals surface area contributed by atoms with Gasteiger partial charge < -0.3 is 10.3 Å². The van der Waals surface area contributed by atoms with Gasteiger partial charge in [-0.3, -0.25) is 9.78 Å². The van der Waals surface area contributed by atoms with Crippen molar-refractivity contribution >= 4 is 16.9 Å². The third-order valence-electron chi connectivity index (χ3n) is 2.13. The number of amides is 1. The predicted molar refractivity (Wildman–Crippen MR) is 56.1 cm³/mol. The Morgan fingerprint density at radius 2 is 2.33 bits per heavy atom. The van der Waals surface area contributed by atoms with Crippen molar-refractivity contribution in [2.45, 2.75) is 12.8 Å². The summed E-state index contributed by atoms with van der Waals surface area (Å²) in [5.74, 6) is 0.204. The molecule has 5 heteroatoms. The van der Waals surface area contributed by atoms with Gasteiger partial charge in [-0.25, -0.2) is 4.98 Å². The average Bonchev–Trinajstić information content (AvgIpc) is 2.88. The molecule has 0 saturated carbocycles. The van der Waals surface area contributed by atoms with Crippen LogP contribution >= 0.6 is 0 Å². The summed E-state index contributed by atoms with van der Waals surface area (Å²) in [5, 5.41) is 2.68. The van der Waals surface area contributed by atoms with Gasteiger partial charge >= 0.3 is 0 Å². The number of pyridine rings is 1. The van der Waals surface area contributed by atoms with Gasteiger partial charge in [-0.2, -0.15) is 0 Å². The van der Waals surface area contributed by atoms with Crippen molar-refractivity contribution < 1.29 is 4.79 Å². The van der Waals surface area contributed by atoms with E-state index < -0.39 is 0 Å². The maximum atomic E-state index is 10.1. The van der Waals surface area contributed by atoms with E-state index in [9.17, 15) is 4.79 Å². The van der Waals surface area contributed by atoms with Crippen LogP contribution in [0.4, 0.5) is 0 Å². The molecule has 0 atom stereocenters. The number of aromatic nitrogens is 3. The summed E-state index contributed by atoms with van der Waals surface area (Å²) in [6, 6.07) is 1.89. The van der Waals surface area contributed by atoms with E-state index in [4.69, 9.17) is 0 Å². The molecule has 3 rings (SSSR count). The van der Waals surface area contributed by atoms with Crippen molar-refractivity contribution in [1.82, 2.24) is 20.3 Å². The zero-order valence-corrected chi connectivity index (χ0v) is 8.23. The van der Waals surface area contributed by atoms with Crippen LogP contribution in [-0.4, -0.2) is 27.4 Å². The molecule has 2 aromatic heterocycles. The first-order valence-corrected chi connectivity index (χ1v) is 4.86. The van der Waals surface area contributed by atoms with Crippen molar-refractivity contribution in [3.05, 3.63) is 24.8 Å². The smallest absolute Gasteiger partial charge is 0.220 e. The lowest BCUT2D eigenvalue weighted by molar-refractivity contribution is -0.119. The van der Waals surface area contributed by atoms with Crippen LogP contribution in [-0.2, 0) is 4.79 Å². The molecule has 1 saturated heterocycles. The van der Waals surface area contributed by atoms with E-state index in [1.165, 1.54) is 0 Å². The largest absolute Gasteiger partial charge is 0.356 e. The van der Waals surface area contributed by atoms with E-state index in [1.807, 2.05) is 6.07 Å². The quantitative estimate of drug-likeness (QED) is 0.668. The summed E-state index contributed by atoms with van der Waals surface area (Å²) >= 11 is 0. The second-order valence-corrected chi connectivity index (χ2v) is 3.25. The van der Waals surface area contributed by atoms with Crippen LogP contribution in [0.5, 0.6) is 0 Å². The average molecular weight is 204 g/mol. The Balaban J connectivity index is 0.000000124. The number of imidazole rings is 1. The normalized spacial score (nSPS) is 14.5. The zero-order chi connectivity index (χ0) is 10.5. The van der Waals surface area contributed by atoms with Crippen LogP contribution in [0.1, 0.15) is 12.8 Å². The van der Waals surface area contributed by atoms with Gasteiger partial charge in [-0.1, -0.05) is 0 Å². The van der Waals surface area contributed by atoms with Crippen molar-refractivity contribution in [3.8, 4) is 0 Å². The molecular weight excluding hydrogens is 192 g/mol. The molecule has 5 nitrogen and oxygen atoms in total. The molecule has 3 heterocycles. The fraction of sp³-hybridized carbons (Fsp3) is 0.300. The molecule has 1 aliphatic rings. The van der Waals surface area contributed by atoms with E-state index in [-0.39, 0.29) is 5.91 Å². The predicted octanol–water partition coefficient (Wildman–Crippen LogP) is 0.854. The molecule has 0 bridgehead atoms. The molecule has 1 amide bonds. The molecule has 0 unspecified atom stereocenters. The number of carbonyl (C=O) groups is 1. The van der Waals surface area contributed by atoms with Crippen LogP contribution in [0.3, 0.4) is 0 Å². The fourth-order valence-electron chi connectivity index (χ4n) is 1.35. The summed E-state index contributed by atoms with van der Waals surface area (Å²) in [7, 11) is 0. The molecule has 0 aliphatic carbocycles. The molecule has 78 valence electrons. The molecule has 0 spiro atoms. The van der Waals surface area contributed by atoms with Gasteiger partial charge in [0.1, 0.15) is 5.52 Å². The first kappa shape index (κ1) is 9.64. The van der Waals surface area contributed by atoms with E-state index in [0.717, 1.165) is 30.4 Å². The highest BCUT2D eigenvalue weighted by molar-refractivity contribution is 5.77. The Hall–Kier alpha value is -1.91. The second kappa shape index (κ2) is 4.54. The third-order valence-corrected chi connectivity index (χ3v) is 2.13. The minimum absolute atomic E-state index is 0.204. The van der Waals surface area contributed by atoms with Crippen LogP contribution in [0.25, 0.3) is 11.0 Å². The van der Waals surface area contributed by atoms with Gasteiger partial charge in [0.25, 0.3) is 0 Å². The zero-order valence-electron chi connectivity index (χ0n) is 8.23. The minimum atomic E-state index is 0.204. The monoisotopic (exact) mass is 204 g/mol. The molecule has 1 fully saturated rings. The molecule has 2 aromatic rings. The van der Waals surface area contributed by atoms with E-state index in [0.29, 0.717) is 0 Å². The summed E-state index contributed by atoms with van der Waals surface area (Å²) in [6.07, 6.45) is 6.89. The first-order valence-electron chi connectivity index (χ1n) is 4.86. The van der Waals surface area contributed by atoms with Crippen LogP contribution in [0.2, 0.25) is 0 Å². The Labute approximate surface area is 86.9 Å². The van der Waals surface area contributed by atoms with E-state index in [1.54, 1.807) is 18.7 Å². The van der Waals surface area contributed by atoms with Crippen LogP contribution in [0, 0.1) is 0 Å². The maximum absolute atomic E-state index is 10.1. The highest BCUT2D eigenvalue weighted by Gasteiger charge is 2.05. The molecule has 15 heavy (non-hydrogen) atoms. The Morgan fingerprint density at radius 1 is 1.40 bits per heavy atom. The maximum Gasteiger partial charge on any atom is 0.220 e. The lowest BCUT2D eigenvalue weighted by Gasteiger charge is -1.80. The van der Waals surface area contributed by atoms with Gasteiger partial charge in [0.15, 0.2) is 0 Å². The van der Waals surface area contributed by atoms with Crippen LogP contribution in [0.15, 0.2) is 24.8 Å². The van der Waals surface area contributed by atoms with Crippen molar-refractivity contribution in [1.29, 1.82) is 0 Å². The standard InChI is InChI=1S/C6H5N3.C4H7NO/c1-2-7-3-6-5(1)8-4-9-6;6-4-2-1-3-5-4/h1-4H,(H,8,9);1-3H2,(H,5,6). The van der Waals surface area contributed by atoms with E-state index in [2.05, 4.69) is 20.3 Å². The third kappa shape index (κ3) is 2.52. The number of carbonyl (C=O) groups excluding carboxylic acids is 1. The van der Waals surface area contributed by atoms with Gasteiger partial charge in [-0.05, 0) is 12.5 Å².